The second-order valence-electron chi connectivity index (χ2n) is 2.94. The van der Waals surface area contributed by atoms with E-state index in [0.29, 0.717) is 10.6 Å². The number of aromatic amines is 1. The van der Waals surface area contributed by atoms with Crippen LogP contribution in [0.25, 0.3) is 10.9 Å². The highest BCUT2D eigenvalue weighted by atomic mass is 35.5. The van der Waals surface area contributed by atoms with Gasteiger partial charge in [-0.3, -0.25) is 4.79 Å². The average Bonchev–Trinajstić information content (AvgIpc) is 2.42. The number of fused-ring (bicyclic) bond motifs is 1. The van der Waals surface area contributed by atoms with Gasteiger partial charge in [-0.05, 0) is 19.1 Å². The van der Waals surface area contributed by atoms with E-state index >= 15 is 0 Å². The molecule has 2 nitrogen and oxygen atoms in total. The molecule has 0 aliphatic carbocycles. The number of aryl methyl sites for hydroxylation is 1. The van der Waals surface area contributed by atoms with Crippen LogP contribution in [0.4, 0.5) is 0 Å². The zero-order valence-corrected chi connectivity index (χ0v) is 7.85. The van der Waals surface area contributed by atoms with Crippen molar-refractivity contribution in [3.05, 3.63) is 34.5 Å². The van der Waals surface area contributed by atoms with Crippen LogP contribution >= 0.6 is 11.6 Å². The SMILES string of the molecule is Cc1[nH]c2cccc(Cl)c2c1C=O. The number of benzene rings is 1. The van der Waals surface area contributed by atoms with Crippen LogP contribution in [-0.2, 0) is 0 Å². The Morgan fingerprint density at radius 2 is 2.23 bits per heavy atom. The van der Waals surface area contributed by atoms with E-state index in [9.17, 15) is 4.79 Å². The van der Waals surface area contributed by atoms with Gasteiger partial charge in [-0.15, -0.1) is 0 Å². The maximum Gasteiger partial charge on any atom is 0.152 e. The summed E-state index contributed by atoms with van der Waals surface area (Å²) >= 11 is 5.98. The topological polar surface area (TPSA) is 32.9 Å². The van der Waals surface area contributed by atoms with Gasteiger partial charge in [-0.1, -0.05) is 17.7 Å². The van der Waals surface area contributed by atoms with Gasteiger partial charge in [0.05, 0.1) is 5.02 Å². The van der Waals surface area contributed by atoms with E-state index in [1.807, 2.05) is 19.1 Å². The number of carbonyl (C=O) groups excluding carboxylic acids is 1. The first-order valence-electron chi connectivity index (χ1n) is 3.96. The Labute approximate surface area is 80.5 Å². The number of hydrogen-bond donors (Lipinski definition) is 1. The molecule has 1 aromatic heterocycles. The second-order valence-corrected chi connectivity index (χ2v) is 3.35. The first kappa shape index (κ1) is 8.32. The Balaban J connectivity index is 2.96. The second kappa shape index (κ2) is 2.89. The quantitative estimate of drug-likeness (QED) is 0.694. The molecule has 2 aromatic rings. The van der Waals surface area contributed by atoms with Crippen molar-refractivity contribution in [3.63, 3.8) is 0 Å². The normalized spacial score (nSPS) is 10.6. The third-order valence-electron chi connectivity index (χ3n) is 2.13. The standard InChI is InChI=1S/C10H8ClNO/c1-6-7(5-13)10-8(11)3-2-4-9(10)12-6/h2-5,12H,1H3. The fraction of sp³-hybridized carbons (Fsp3) is 0.100. The number of aldehydes is 1. The molecule has 0 radical (unpaired) electrons. The van der Waals surface area contributed by atoms with E-state index in [4.69, 9.17) is 11.6 Å². The summed E-state index contributed by atoms with van der Waals surface area (Å²) in [5.41, 5.74) is 2.42. The van der Waals surface area contributed by atoms with Crippen molar-refractivity contribution in [2.75, 3.05) is 0 Å². The molecule has 2 rings (SSSR count). The first-order valence-corrected chi connectivity index (χ1v) is 4.34. The molecule has 0 bridgehead atoms. The molecule has 13 heavy (non-hydrogen) atoms. The number of aromatic nitrogens is 1. The number of carbonyl (C=O) groups is 1. The van der Waals surface area contributed by atoms with Gasteiger partial charge in [0, 0.05) is 22.2 Å². The van der Waals surface area contributed by atoms with Crippen molar-refractivity contribution in [2.24, 2.45) is 0 Å². The van der Waals surface area contributed by atoms with Crippen molar-refractivity contribution in [1.29, 1.82) is 0 Å². The van der Waals surface area contributed by atoms with Crippen LogP contribution in [0.15, 0.2) is 18.2 Å². The lowest BCUT2D eigenvalue weighted by atomic mass is 10.1. The van der Waals surface area contributed by atoms with Crippen molar-refractivity contribution >= 4 is 28.8 Å². The van der Waals surface area contributed by atoms with Gasteiger partial charge in [0.25, 0.3) is 0 Å². The van der Waals surface area contributed by atoms with E-state index in [1.165, 1.54) is 0 Å². The molecule has 0 aliphatic heterocycles. The zero-order chi connectivity index (χ0) is 9.42. The fourth-order valence-corrected chi connectivity index (χ4v) is 1.78. The van der Waals surface area contributed by atoms with Gasteiger partial charge in [0.15, 0.2) is 6.29 Å². The molecule has 66 valence electrons. The molecule has 0 spiro atoms. The molecule has 1 heterocycles. The third kappa shape index (κ3) is 1.14. The fourth-order valence-electron chi connectivity index (χ4n) is 1.51. The molecule has 0 atom stereocenters. The molecule has 1 N–H and O–H groups in total. The van der Waals surface area contributed by atoms with Crippen LogP contribution in [0.5, 0.6) is 0 Å². The molecule has 0 amide bonds. The summed E-state index contributed by atoms with van der Waals surface area (Å²) < 4.78 is 0. The van der Waals surface area contributed by atoms with Gasteiger partial charge >= 0.3 is 0 Å². The summed E-state index contributed by atoms with van der Waals surface area (Å²) in [6.07, 6.45) is 0.833. The van der Waals surface area contributed by atoms with Crippen molar-refractivity contribution in [3.8, 4) is 0 Å². The smallest absolute Gasteiger partial charge is 0.152 e. The average molecular weight is 194 g/mol. The number of H-pyrrole nitrogens is 1. The van der Waals surface area contributed by atoms with Crippen molar-refractivity contribution in [2.45, 2.75) is 6.92 Å². The van der Waals surface area contributed by atoms with E-state index in [2.05, 4.69) is 4.98 Å². The molecule has 0 unspecified atom stereocenters. The summed E-state index contributed by atoms with van der Waals surface area (Å²) in [4.78, 5) is 13.9. The number of nitrogens with one attached hydrogen (secondary N) is 1. The maximum atomic E-state index is 10.8. The molecule has 0 saturated heterocycles. The van der Waals surface area contributed by atoms with E-state index in [1.54, 1.807) is 6.07 Å². The minimum Gasteiger partial charge on any atom is -0.358 e. The Bertz CT molecular complexity index is 473. The number of rotatable bonds is 1. The van der Waals surface area contributed by atoms with Crippen LogP contribution < -0.4 is 0 Å². The van der Waals surface area contributed by atoms with Crippen molar-refractivity contribution in [1.82, 2.24) is 4.98 Å². The predicted octanol–water partition coefficient (Wildman–Crippen LogP) is 2.94. The molecule has 3 heteroatoms. The number of hydrogen-bond acceptors (Lipinski definition) is 1. The molecule has 0 fully saturated rings. The summed E-state index contributed by atoms with van der Waals surface area (Å²) in [5, 5.41) is 1.43. The molecule has 0 aliphatic rings. The molecular formula is C10H8ClNO. The Kier molecular flexibility index (Phi) is 1.85. The molecular weight excluding hydrogens is 186 g/mol. The lowest BCUT2D eigenvalue weighted by Gasteiger charge is -1.93. The van der Waals surface area contributed by atoms with Gasteiger partial charge in [-0.25, -0.2) is 0 Å². The van der Waals surface area contributed by atoms with Gasteiger partial charge in [0.1, 0.15) is 0 Å². The largest absolute Gasteiger partial charge is 0.358 e. The first-order chi connectivity index (χ1) is 6.24. The monoisotopic (exact) mass is 193 g/mol. The van der Waals surface area contributed by atoms with Gasteiger partial charge in [-0.2, -0.15) is 0 Å². The summed E-state index contributed by atoms with van der Waals surface area (Å²) in [6, 6.07) is 5.54. The lowest BCUT2D eigenvalue weighted by molar-refractivity contribution is 0.112. The van der Waals surface area contributed by atoms with Crippen LogP contribution in [0.1, 0.15) is 16.1 Å². The highest BCUT2D eigenvalue weighted by molar-refractivity contribution is 6.36. The molecule has 0 saturated carbocycles. The van der Waals surface area contributed by atoms with Crippen LogP contribution in [-0.4, -0.2) is 11.3 Å². The van der Waals surface area contributed by atoms with Gasteiger partial charge < -0.3 is 4.98 Å². The molecule has 1 aromatic carbocycles. The highest BCUT2D eigenvalue weighted by Crippen LogP contribution is 2.27. The van der Waals surface area contributed by atoms with E-state index in [0.717, 1.165) is 22.9 Å². The minimum absolute atomic E-state index is 0.615. The minimum atomic E-state index is 0.615. The highest BCUT2D eigenvalue weighted by Gasteiger charge is 2.09. The third-order valence-corrected chi connectivity index (χ3v) is 2.44. The Morgan fingerprint density at radius 3 is 2.92 bits per heavy atom. The van der Waals surface area contributed by atoms with Crippen LogP contribution in [0.2, 0.25) is 5.02 Å². The summed E-state index contributed by atoms with van der Waals surface area (Å²) in [5.74, 6) is 0. The Morgan fingerprint density at radius 1 is 1.46 bits per heavy atom. The van der Waals surface area contributed by atoms with E-state index in [-0.39, 0.29) is 0 Å². The summed E-state index contributed by atoms with van der Waals surface area (Å²) in [6.45, 7) is 1.86. The van der Waals surface area contributed by atoms with Crippen LogP contribution in [0.3, 0.4) is 0 Å². The maximum absolute atomic E-state index is 10.8. The van der Waals surface area contributed by atoms with E-state index < -0.39 is 0 Å². The summed E-state index contributed by atoms with van der Waals surface area (Å²) in [7, 11) is 0. The number of halogens is 1. The van der Waals surface area contributed by atoms with Crippen molar-refractivity contribution < 1.29 is 4.79 Å². The predicted molar refractivity (Wildman–Crippen MR) is 53.4 cm³/mol. The lowest BCUT2D eigenvalue weighted by Crippen LogP contribution is -1.80. The Hall–Kier alpha value is -1.28. The van der Waals surface area contributed by atoms with Crippen LogP contribution in [0, 0.1) is 6.92 Å². The van der Waals surface area contributed by atoms with Gasteiger partial charge in [0.2, 0.25) is 0 Å². The zero-order valence-electron chi connectivity index (χ0n) is 7.10.